The number of nitrogens with one attached hydrogen (secondary N) is 2. The Bertz CT molecular complexity index is 1120. The number of ether oxygens (including phenoxy) is 1. The van der Waals surface area contributed by atoms with Gasteiger partial charge in [0.25, 0.3) is 0 Å². The fourth-order valence-corrected chi connectivity index (χ4v) is 3.12. The average Bonchev–Trinajstić information content (AvgIpc) is 3.22. The summed E-state index contributed by atoms with van der Waals surface area (Å²) in [5.41, 5.74) is 3.11. The van der Waals surface area contributed by atoms with E-state index in [1.807, 2.05) is 71.3 Å². The van der Waals surface area contributed by atoms with Crippen molar-refractivity contribution in [2.45, 2.75) is 19.7 Å². The van der Waals surface area contributed by atoms with Crippen LogP contribution in [0.2, 0.25) is 0 Å². The van der Waals surface area contributed by atoms with Crippen molar-refractivity contribution in [2.24, 2.45) is 4.99 Å². The van der Waals surface area contributed by atoms with Crippen LogP contribution in [-0.4, -0.2) is 27.6 Å². The maximum absolute atomic E-state index is 5.91. The summed E-state index contributed by atoms with van der Waals surface area (Å²) in [7, 11) is 1.75. The number of fused-ring (bicyclic) bond motifs is 1. The molecule has 4 aromatic rings. The highest BCUT2D eigenvalue weighted by Gasteiger charge is 2.07. The molecule has 2 N–H and O–H groups in total. The Labute approximate surface area is 175 Å². The highest BCUT2D eigenvalue weighted by atomic mass is 16.5. The number of para-hydroxylation sites is 1. The molecule has 0 aliphatic rings. The second-order valence-electron chi connectivity index (χ2n) is 6.69. The van der Waals surface area contributed by atoms with Crippen molar-refractivity contribution in [3.05, 3.63) is 95.9 Å². The standard InChI is InChI=1S/C23H24N6O/c1-24-23(26-16-22-28-27-21-13-7-8-14-29(21)22)25-15-18-9-5-6-10-19(18)17-30-20-11-3-2-4-12-20/h2-14H,15-17H2,1H3,(H2,24,25,26). The molecule has 0 amide bonds. The third-order valence-electron chi connectivity index (χ3n) is 4.72. The highest BCUT2D eigenvalue weighted by molar-refractivity contribution is 5.79. The Balaban J connectivity index is 1.35. The van der Waals surface area contributed by atoms with E-state index >= 15 is 0 Å². The van der Waals surface area contributed by atoms with Crippen LogP contribution in [0.4, 0.5) is 0 Å². The van der Waals surface area contributed by atoms with Crippen LogP contribution in [0.5, 0.6) is 5.75 Å². The summed E-state index contributed by atoms with van der Waals surface area (Å²) in [6, 6.07) is 23.9. The summed E-state index contributed by atoms with van der Waals surface area (Å²) in [6.07, 6.45) is 1.95. The molecular formula is C23H24N6O. The number of hydrogen-bond donors (Lipinski definition) is 2. The van der Waals surface area contributed by atoms with Crippen LogP contribution in [0.3, 0.4) is 0 Å². The van der Waals surface area contributed by atoms with Gasteiger partial charge in [-0.15, -0.1) is 10.2 Å². The average molecular weight is 400 g/mol. The first-order valence-corrected chi connectivity index (χ1v) is 9.81. The Morgan fingerprint density at radius 2 is 1.60 bits per heavy atom. The van der Waals surface area contributed by atoms with Crippen LogP contribution in [0, 0.1) is 0 Å². The molecule has 7 heteroatoms. The summed E-state index contributed by atoms with van der Waals surface area (Å²) in [6.45, 7) is 1.66. The van der Waals surface area contributed by atoms with Gasteiger partial charge in [0.1, 0.15) is 12.4 Å². The van der Waals surface area contributed by atoms with Gasteiger partial charge in [-0.1, -0.05) is 48.5 Å². The third-order valence-corrected chi connectivity index (χ3v) is 4.72. The summed E-state index contributed by atoms with van der Waals surface area (Å²) in [5, 5.41) is 15.1. The minimum absolute atomic E-state index is 0.514. The molecular weight excluding hydrogens is 376 g/mol. The van der Waals surface area contributed by atoms with E-state index in [0.717, 1.165) is 28.3 Å². The molecule has 152 valence electrons. The van der Waals surface area contributed by atoms with Crippen LogP contribution in [0.1, 0.15) is 17.0 Å². The Morgan fingerprint density at radius 1 is 0.867 bits per heavy atom. The van der Waals surface area contributed by atoms with Gasteiger partial charge in [0.15, 0.2) is 17.4 Å². The zero-order valence-electron chi connectivity index (χ0n) is 16.8. The number of guanidine groups is 1. The molecule has 0 aliphatic heterocycles. The molecule has 2 heterocycles. The van der Waals surface area contributed by atoms with Crippen LogP contribution in [0.25, 0.3) is 5.65 Å². The second-order valence-corrected chi connectivity index (χ2v) is 6.69. The van der Waals surface area contributed by atoms with E-state index in [-0.39, 0.29) is 0 Å². The summed E-state index contributed by atoms with van der Waals surface area (Å²) in [4.78, 5) is 4.31. The topological polar surface area (TPSA) is 75.8 Å². The van der Waals surface area contributed by atoms with Crippen LogP contribution >= 0.6 is 0 Å². The molecule has 0 aliphatic carbocycles. The van der Waals surface area contributed by atoms with Gasteiger partial charge in [0.05, 0.1) is 6.54 Å². The molecule has 0 atom stereocenters. The zero-order chi connectivity index (χ0) is 20.6. The lowest BCUT2D eigenvalue weighted by atomic mass is 10.1. The number of pyridine rings is 1. The van der Waals surface area contributed by atoms with Gasteiger partial charge >= 0.3 is 0 Å². The molecule has 0 radical (unpaired) electrons. The Morgan fingerprint density at radius 3 is 2.43 bits per heavy atom. The fraction of sp³-hybridized carbons (Fsp3) is 0.174. The van der Waals surface area contributed by atoms with Crippen LogP contribution in [-0.2, 0) is 19.7 Å². The molecule has 7 nitrogen and oxygen atoms in total. The van der Waals surface area contributed by atoms with E-state index in [0.29, 0.717) is 25.7 Å². The van der Waals surface area contributed by atoms with Gasteiger partial charge in [-0.2, -0.15) is 0 Å². The second kappa shape index (κ2) is 9.56. The molecule has 4 rings (SSSR count). The van der Waals surface area contributed by atoms with Crippen molar-refractivity contribution in [3.8, 4) is 5.75 Å². The SMILES string of the molecule is CN=C(NCc1ccccc1COc1ccccc1)NCc1nnc2ccccn12. The molecule has 0 spiro atoms. The predicted molar refractivity (Wildman–Crippen MR) is 117 cm³/mol. The molecule has 0 unspecified atom stereocenters. The lowest BCUT2D eigenvalue weighted by molar-refractivity contribution is 0.305. The first-order valence-electron chi connectivity index (χ1n) is 9.81. The zero-order valence-corrected chi connectivity index (χ0v) is 16.8. The summed E-state index contributed by atoms with van der Waals surface area (Å²) >= 11 is 0. The van der Waals surface area contributed by atoms with Crippen molar-refractivity contribution in [2.75, 3.05) is 7.05 Å². The third kappa shape index (κ3) is 4.75. The largest absolute Gasteiger partial charge is 0.489 e. The Kier molecular flexibility index (Phi) is 6.19. The minimum Gasteiger partial charge on any atom is -0.489 e. The van der Waals surface area contributed by atoms with Crippen LogP contribution in [0.15, 0.2) is 84.0 Å². The number of aliphatic imine (C=N–C) groups is 1. The predicted octanol–water partition coefficient (Wildman–Crippen LogP) is 3.17. The van der Waals surface area contributed by atoms with Gasteiger partial charge in [-0.3, -0.25) is 9.39 Å². The minimum atomic E-state index is 0.514. The summed E-state index contributed by atoms with van der Waals surface area (Å²) < 4.78 is 7.87. The van der Waals surface area contributed by atoms with Crippen molar-refractivity contribution in [3.63, 3.8) is 0 Å². The Hall–Kier alpha value is -3.87. The van der Waals surface area contributed by atoms with Crippen LogP contribution < -0.4 is 15.4 Å². The molecule has 0 saturated carbocycles. The van der Waals surface area contributed by atoms with E-state index in [9.17, 15) is 0 Å². The molecule has 0 fully saturated rings. The van der Waals surface area contributed by atoms with Gasteiger partial charge in [-0.25, -0.2) is 0 Å². The molecule has 0 saturated heterocycles. The normalized spacial score (nSPS) is 11.4. The molecule has 0 bridgehead atoms. The highest BCUT2D eigenvalue weighted by Crippen LogP contribution is 2.14. The maximum atomic E-state index is 5.91. The fourth-order valence-electron chi connectivity index (χ4n) is 3.12. The van der Waals surface area contributed by atoms with Gasteiger partial charge in [0.2, 0.25) is 0 Å². The van der Waals surface area contributed by atoms with Crippen molar-refractivity contribution in [1.82, 2.24) is 25.2 Å². The molecule has 30 heavy (non-hydrogen) atoms. The van der Waals surface area contributed by atoms with Gasteiger partial charge < -0.3 is 15.4 Å². The number of hydrogen-bond acceptors (Lipinski definition) is 4. The van der Waals surface area contributed by atoms with Gasteiger partial charge in [0, 0.05) is 19.8 Å². The number of nitrogens with zero attached hydrogens (tertiary/aromatic N) is 4. The van der Waals surface area contributed by atoms with E-state index < -0.39 is 0 Å². The van der Waals surface area contributed by atoms with E-state index in [1.165, 1.54) is 0 Å². The lowest BCUT2D eigenvalue weighted by Crippen LogP contribution is -2.37. The quantitative estimate of drug-likeness (QED) is 0.368. The van der Waals surface area contributed by atoms with E-state index in [2.05, 4.69) is 38.0 Å². The molecule has 2 aromatic heterocycles. The number of aromatic nitrogens is 3. The van der Waals surface area contributed by atoms with Gasteiger partial charge in [-0.05, 0) is 35.4 Å². The first kappa shape index (κ1) is 19.4. The molecule has 2 aromatic carbocycles. The lowest BCUT2D eigenvalue weighted by Gasteiger charge is -2.14. The smallest absolute Gasteiger partial charge is 0.191 e. The first-order chi connectivity index (χ1) is 14.8. The monoisotopic (exact) mass is 400 g/mol. The maximum Gasteiger partial charge on any atom is 0.191 e. The summed E-state index contributed by atoms with van der Waals surface area (Å²) in [5.74, 6) is 2.38. The van der Waals surface area contributed by atoms with Crippen molar-refractivity contribution < 1.29 is 4.74 Å². The van der Waals surface area contributed by atoms with Crippen molar-refractivity contribution >= 4 is 11.6 Å². The van der Waals surface area contributed by atoms with Crippen molar-refractivity contribution in [1.29, 1.82) is 0 Å². The number of benzene rings is 2. The number of rotatable bonds is 7. The van der Waals surface area contributed by atoms with E-state index in [1.54, 1.807) is 7.05 Å². The van der Waals surface area contributed by atoms with E-state index in [4.69, 9.17) is 4.74 Å².